The molecule has 2 N–H and O–H groups in total. The van der Waals surface area contributed by atoms with Gasteiger partial charge >= 0.3 is 0 Å². The average Bonchev–Trinajstić information content (AvgIpc) is 2.79. The Morgan fingerprint density at radius 1 is 1.00 bits per heavy atom. The predicted octanol–water partition coefficient (Wildman–Crippen LogP) is 4.47. The van der Waals surface area contributed by atoms with Crippen LogP contribution in [-0.2, 0) is 4.79 Å². The van der Waals surface area contributed by atoms with E-state index in [4.69, 9.17) is 0 Å². The van der Waals surface area contributed by atoms with E-state index in [1.807, 2.05) is 11.8 Å². The first-order chi connectivity index (χ1) is 13.0. The van der Waals surface area contributed by atoms with Gasteiger partial charge in [0.25, 0.3) is 0 Å². The number of aliphatic imine (C=N–C) groups is 1. The van der Waals surface area contributed by atoms with Gasteiger partial charge in [0.05, 0.1) is 25.3 Å². The third-order valence-electron chi connectivity index (χ3n) is 5.39. The molecule has 0 bridgehead atoms. The summed E-state index contributed by atoms with van der Waals surface area (Å²) in [6.45, 7) is 10.9. The van der Waals surface area contributed by atoms with Gasteiger partial charge in [0.1, 0.15) is 0 Å². The number of carbonyl (C=O) groups is 1. The SMILES string of the molecule is CCCCCCCCCCCCNC(C)NC(C)N1CCN=C(C)CC1=O. The second-order valence-corrected chi connectivity index (χ2v) is 8.08. The molecule has 0 aliphatic carbocycles. The van der Waals surface area contributed by atoms with Crippen LogP contribution < -0.4 is 10.6 Å². The van der Waals surface area contributed by atoms with Gasteiger partial charge in [-0.1, -0.05) is 64.7 Å². The number of hydrogen-bond acceptors (Lipinski definition) is 4. The lowest BCUT2D eigenvalue weighted by Gasteiger charge is -2.31. The van der Waals surface area contributed by atoms with E-state index in [0.717, 1.165) is 12.3 Å². The molecule has 0 radical (unpaired) electrons. The summed E-state index contributed by atoms with van der Waals surface area (Å²) < 4.78 is 0. The second kappa shape index (κ2) is 15.0. The molecule has 1 amide bonds. The van der Waals surface area contributed by atoms with Crippen molar-refractivity contribution in [1.29, 1.82) is 0 Å². The summed E-state index contributed by atoms with van der Waals surface area (Å²) in [5.74, 6) is 0.177. The Labute approximate surface area is 167 Å². The molecule has 0 saturated heterocycles. The number of carbonyl (C=O) groups excluding carboxylic acids is 1. The van der Waals surface area contributed by atoms with Crippen LogP contribution in [0.3, 0.4) is 0 Å². The van der Waals surface area contributed by atoms with Gasteiger partial charge in [-0.15, -0.1) is 0 Å². The first-order valence-corrected chi connectivity index (χ1v) is 11.3. The number of rotatable bonds is 15. The molecule has 0 spiro atoms. The zero-order valence-corrected chi connectivity index (χ0v) is 18.4. The summed E-state index contributed by atoms with van der Waals surface area (Å²) >= 11 is 0. The third-order valence-corrected chi connectivity index (χ3v) is 5.39. The molecule has 27 heavy (non-hydrogen) atoms. The van der Waals surface area contributed by atoms with Crippen LogP contribution in [-0.4, -0.2) is 48.5 Å². The van der Waals surface area contributed by atoms with Crippen molar-refractivity contribution in [3.63, 3.8) is 0 Å². The van der Waals surface area contributed by atoms with Crippen LogP contribution in [0.25, 0.3) is 0 Å². The number of nitrogens with one attached hydrogen (secondary N) is 2. The summed E-state index contributed by atoms with van der Waals surface area (Å²) in [6, 6.07) is 0. The van der Waals surface area contributed by atoms with E-state index in [0.29, 0.717) is 19.5 Å². The zero-order chi connectivity index (χ0) is 19.9. The molecule has 5 nitrogen and oxygen atoms in total. The Bertz CT molecular complexity index is 425. The van der Waals surface area contributed by atoms with Gasteiger partial charge in [-0.25, -0.2) is 0 Å². The fourth-order valence-electron chi connectivity index (χ4n) is 3.70. The Hall–Kier alpha value is -0.940. The molecule has 0 aromatic carbocycles. The molecule has 158 valence electrons. The maximum atomic E-state index is 12.3. The average molecular weight is 381 g/mol. The summed E-state index contributed by atoms with van der Waals surface area (Å²) in [6.07, 6.45) is 14.4. The second-order valence-electron chi connectivity index (χ2n) is 8.08. The van der Waals surface area contributed by atoms with E-state index in [9.17, 15) is 4.79 Å². The topological polar surface area (TPSA) is 56.7 Å². The van der Waals surface area contributed by atoms with Gasteiger partial charge in [-0.05, 0) is 33.7 Å². The molecule has 1 aliphatic heterocycles. The number of nitrogens with zero attached hydrogens (tertiary/aromatic N) is 2. The minimum atomic E-state index is 0.0359. The van der Waals surface area contributed by atoms with Crippen LogP contribution in [0.2, 0.25) is 0 Å². The lowest BCUT2D eigenvalue weighted by molar-refractivity contribution is -0.132. The molecule has 5 heteroatoms. The van der Waals surface area contributed by atoms with Crippen molar-refractivity contribution in [3.8, 4) is 0 Å². The Morgan fingerprint density at radius 3 is 2.22 bits per heavy atom. The van der Waals surface area contributed by atoms with Crippen LogP contribution >= 0.6 is 0 Å². The maximum Gasteiger partial charge on any atom is 0.229 e. The molecular weight excluding hydrogens is 336 g/mol. The van der Waals surface area contributed by atoms with E-state index < -0.39 is 0 Å². The summed E-state index contributed by atoms with van der Waals surface area (Å²) in [4.78, 5) is 18.6. The zero-order valence-electron chi connectivity index (χ0n) is 18.4. The number of amides is 1. The highest BCUT2D eigenvalue weighted by Crippen LogP contribution is 2.10. The molecule has 1 heterocycles. The van der Waals surface area contributed by atoms with Crippen molar-refractivity contribution < 1.29 is 4.79 Å². The van der Waals surface area contributed by atoms with E-state index in [-0.39, 0.29) is 18.2 Å². The lowest BCUT2D eigenvalue weighted by atomic mass is 10.1. The first kappa shape index (κ1) is 24.1. The highest BCUT2D eigenvalue weighted by molar-refractivity contribution is 6.00. The van der Waals surface area contributed by atoms with Crippen molar-refractivity contribution in [2.75, 3.05) is 19.6 Å². The quantitative estimate of drug-likeness (QED) is 0.325. The molecule has 2 atom stereocenters. The van der Waals surface area contributed by atoms with Gasteiger partial charge in [0.15, 0.2) is 0 Å². The third kappa shape index (κ3) is 11.5. The summed E-state index contributed by atoms with van der Waals surface area (Å²) in [5.41, 5.74) is 0.946. The Kier molecular flexibility index (Phi) is 13.4. The fourth-order valence-corrected chi connectivity index (χ4v) is 3.70. The van der Waals surface area contributed by atoms with Crippen LogP contribution in [0.4, 0.5) is 0 Å². The molecule has 1 rings (SSSR count). The van der Waals surface area contributed by atoms with Gasteiger partial charge < -0.3 is 10.2 Å². The van der Waals surface area contributed by atoms with Crippen molar-refractivity contribution in [2.24, 2.45) is 4.99 Å². The maximum absolute atomic E-state index is 12.3. The molecule has 0 aromatic rings. The standard InChI is InChI=1S/C22H44N4O/c1-5-6-7-8-9-10-11-12-13-14-15-24-20(3)25-21(4)26-17-16-23-19(2)18-22(26)27/h20-21,24-25H,5-18H2,1-4H3. The molecule has 1 aliphatic rings. The van der Waals surface area contributed by atoms with Crippen molar-refractivity contribution in [3.05, 3.63) is 0 Å². The fraction of sp³-hybridized carbons (Fsp3) is 0.909. The molecule has 0 saturated carbocycles. The van der Waals surface area contributed by atoms with Crippen molar-refractivity contribution >= 4 is 11.6 Å². The first-order valence-electron chi connectivity index (χ1n) is 11.3. The van der Waals surface area contributed by atoms with E-state index >= 15 is 0 Å². The lowest BCUT2D eigenvalue weighted by Crippen LogP contribution is -2.54. The highest BCUT2D eigenvalue weighted by atomic mass is 16.2. The largest absolute Gasteiger partial charge is 0.325 e. The molecule has 2 unspecified atom stereocenters. The van der Waals surface area contributed by atoms with E-state index in [1.165, 1.54) is 64.2 Å². The van der Waals surface area contributed by atoms with Crippen LogP contribution in [0, 0.1) is 0 Å². The van der Waals surface area contributed by atoms with Gasteiger partial charge in [0.2, 0.25) is 5.91 Å². The van der Waals surface area contributed by atoms with E-state index in [1.54, 1.807) is 0 Å². The summed E-state index contributed by atoms with van der Waals surface area (Å²) in [5, 5.41) is 7.04. The van der Waals surface area contributed by atoms with Gasteiger partial charge in [-0.3, -0.25) is 15.1 Å². The van der Waals surface area contributed by atoms with Crippen molar-refractivity contribution in [2.45, 2.75) is 111 Å². The minimum absolute atomic E-state index is 0.0359. The summed E-state index contributed by atoms with van der Waals surface area (Å²) in [7, 11) is 0. The normalized spacial score (nSPS) is 17.6. The molecule has 0 aromatic heterocycles. The number of unbranched alkanes of at least 4 members (excludes halogenated alkanes) is 9. The van der Waals surface area contributed by atoms with Crippen LogP contribution in [0.5, 0.6) is 0 Å². The highest BCUT2D eigenvalue weighted by Gasteiger charge is 2.23. The van der Waals surface area contributed by atoms with Crippen molar-refractivity contribution in [1.82, 2.24) is 15.5 Å². The smallest absolute Gasteiger partial charge is 0.229 e. The number of hydrogen-bond donors (Lipinski definition) is 2. The van der Waals surface area contributed by atoms with Crippen LogP contribution in [0.1, 0.15) is 98.3 Å². The monoisotopic (exact) mass is 380 g/mol. The Balaban J connectivity index is 2.02. The molecular formula is C22H44N4O. The predicted molar refractivity (Wildman–Crippen MR) is 116 cm³/mol. The Morgan fingerprint density at radius 2 is 1.59 bits per heavy atom. The van der Waals surface area contributed by atoms with Gasteiger partial charge in [0, 0.05) is 12.3 Å². The van der Waals surface area contributed by atoms with Crippen LogP contribution in [0.15, 0.2) is 4.99 Å². The minimum Gasteiger partial charge on any atom is -0.325 e. The molecule has 0 fully saturated rings. The van der Waals surface area contributed by atoms with Gasteiger partial charge in [-0.2, -0.15) is 0 Å². The van der Waals surface area contributed by atoms with E-state index in [2.05, 4.69) is 36.4 Å².